The van der Waals surface area contributed by atoms with Crippen LogP contribution >= 0.6 is 0 Å². The number of rotatable bonds is 9. The summed E-state index contributed by atoms with van der Waals surface area (Å²) in [5, 5.41) is 2.86. The van der Waals surface area contributed by atoms with E-state index in [0.29, 0.717) is 42.1 Å². The predicted molar refractivity (Wildman–Crippen MR) is 109 cm³/mol. The molecule has 144 valence electrons. The van der Waals surface area contributed by atoms with Crippen LogP contribution < -0.4 is 19.5 Å². The standard InChI is InChI=1S/C22H27NO4/c1-5-26-21-14-17(10-12-20(21)25-4)11-13-22(24)23-18-8-6-7-9-19(18)27-15-16(2)3/h6-14,16H,5,15H2,1-4H3,(H,23,24)/b13-11+. The van der Waals surface area contributed by atoms with Gasteiger partial charge in [-0.1, -0.05) is 32.0 Å². The molecule has 2 rings (SSSR count). The van der Waals surface area contributed by atoms with Crippen molar-refractivity contribution in [3.63, 3.8) is 0 Å². The Balaban J connectivity index is 2.06. The van der Waals surface area contributed by atoms with Gasteiger partial charge in [0.15, 0.2) is 11.5 Å². The number of carbonyl (C=O) groups excluding carboxylic acids is 1. The second-order valence-corrected chi connectivity index (χ2v) is 6.37. The van der Waals surface area contributed by atoms with Gasteiger partial charge in [0.05, 0.1) is 26.0 Å². The number of carbonyl (C=O) groups is 1. The number of hydrogen-bond donors (Lipinski definition) is 1. The lowest BCUT2D eigenvalue weighted by Gasteiger charge is -2.13. The molecule has 0 aromatic heterocycles. The quantitative estimate of drug-likeness (QED) is 0.646. The van der Waals surface area contributed by atoms with Gasteiger partial charge in [-0.2, -0.15) is 0 Å². The van der Waals surface area contributed by atoms with Gasteiger partial charge in [-0.15, -0.1) is 0 Å². The van der Waals surface area contributed by atoms with Crippen molar-refractivity contribution in [2.75, 3.05) is 25.6 Å². The molecular weight excluding hydrogens is 342 g/mol. The van der Waals surface area contributed by atoms with Crippen LogP contribution in [0.4, 0.5) is 5.69 Å². The SMILES string of the molecule is CCOc1cc(/C=C/C(=O)Nc2ccccc2OCC(C)C)ccc1OC. The Labute approximate surface area is 161 Å². The molecule has 5 heteroatoms. The minimum atomic E-state index is -0.232. The molecule has 1 amide bonds. The molecule has 5 nitrogen and oxygen atoms in total. The first kappa shape index (κ1) is 20.4. The van der Waals surface area contributed by atoms with Crippen molar-refractivity contribution in [3.8, 4) is 17.2 Å². The second kappa shape index (κ2) is 10.3. The third kappa shape index (κ3) is 6.37. The summed E-state index contributed by atoms with van der Waals surface area (Å²) in [6, 6.07) is 12.9. The van der Waals surface area contributed by atoms with E-state index in [9.17, 15) is 4.79 Å². The molecule has 1 N–H and O–H groups in total. The van der Waals surface area contributed by atoms with E-state index in [1.807, 2.05) is 49.4 Å². The van der Waals surface area contributed by atoms with Crippen LogP contribution in [0.2, 0.25) is 0 Å². The number of anilines is 1. The van der Waals surface area contributed by atoms with Crippen LogP contribution in [0.25, 0.3) is 6.08 Å². The number of nitrogens with one attached hydrogen (secondary N) is 1. The van der Waals surface area contributed by atoms with Gasteiger partial charge in [0, 0.05) is 6.08 Å². The zero-order valence-corrected chi connectivity index (χ0v) is 16.3. The van der Waals surface area contributed by atoms with E-state index in [1.54, 1.807) is 13.2 Å². The van der Waals surface area contributed by atoms with Crippen LogP contribution in [-0.4, -0.2) is 26.2 Å². The summed E-state index contributed by atoms with van der Waals surface area (Å²) >= 11 is 0. The number of amides is 1. The molecule has 0 unspecified atom stereocenters. The normalized spacial score (nSPS) is 10.9. The highest BCUT2D eigenvalue weighted by Crippen LogP contribution is 2.28. The Kier molecular flexibility index (Phi) is 7.74. The molecule has 0 heterocycles. The number of benzene rings is 2. The summed E-state index contributed by atoms with van der Waals surface area (Å²) in [4.78, 5) is 12.3. The zero-order chi connectivity index (χ0) is 19.6. The molecule has 0 spiro atoms. The van der Waals surface area contributed by atoms with Gasteiger partial charge in [-0.25, -0.2) is 0 Å². The minimum absolute atomic E-state index is 0.232. The molecule has 0 aliphatic rings. The topological polar surface area (TPSA) is 56.8 Å². The fourth-order valence-electron chi connectivity index (χ4n) is 2.36. The summed E-state index contributed by atoms with van der Waals surface area (Å²) in [5.74, 6) is 2.15. The minimum Gasteiger partial charge on any atom is -0.493 e. The van der Waals surface area contributed by atoms with E-state index in [0.717, 1.165) is 5.56 Å². The molecule has 0 bridgehead atoms. The Morgan fingerprint density at radius 2 is 1.85 bits per heavy atom. The van der Waals surface area contributed by atoms with E-state index in [1.165, 1.54) is 6.08 Å². The molecule has 0 atom stereocenters. The van der Waals surface area contributed by atoms with Crippen LogP contribution in [-0.2, 0) is 4.79 Å². The molecule has 0 saturated heterocycles. The fourth-order valence-corrected chi connectivity index (χ4v) is 2.36. The van der Waals surface area contributed by atoms with Crippen LogP contribution in [0, 0.1) is 5.92 Å². The average molecular weight is 369 g/mol. The highest BCUT2D eigenvalue weighted by atomic mass is 16.5. The molecule has 0 radical (unpaired) electrons. The molecule has 2 aromatic rings. The summed E-state index contributed by atoms with van der Waals surface area (Å²) in [6.45, 7) is 7.20. The van der Waals surface area contributed by atoms with E-state index in [-0.39, 0.29) is 5.91 Å². The van der Waals surface area contributed by atoms with Crippen molar-refractivity contribution in [3.05, 3.63) is 54.1 Å². The van der Waals surface area contributed by atoms with E-state index in [4.69, 9.17) is 14.2 Å². The lowest BCUT2D eigenvalue weighted by Crippen LogP contribution is -2.11. The number of hydrogen-bond acceptors (Lipinski definition) is 4. The number of para-hydroxylation sites is 2. The van der Waals surface area contributed by atoms with E-state index in [2.05, 4.69) is 19.2 Å². The van der Waals surface area contributed by atoms with Crippen molar-refractivity contribution in [2.45, 2.75) is 20.8 Å². The Morgan fingerprint density at radius 3 is 2.56 bits per heavy atom. The molecule has 27 heavy (non-hydrogen) atoms. The summed E-state index contributed by atoms with van der Waals surface area (Å²) < 4.78 is 16.6. The van der Waals surface area contributed by atoms with Crippen molar-refractivity contribution in [2.24, 2.45) is 5.92 Å². The van der Waals surface area contributed by atoms with Crippen LogP contribution in [0.5, 0.6) is 17.2 Å². The highest BCUT2D eigenvalue weighted by molar-refractivity contribution is 6.02. The van der Waals surface area contributed by atoms with Gasteiger partial charge in [0.25, 0.3) is 0 Å². The van der Waals surface area contributed by atoms with Crippen molar-refractivity contribution < 1.29 is 19.0 Å². The van der Waals surface area contributed by atoms with Crippen molar-refractivity contribution in [1.82, 2.24) is 0 Å². The van der Waals surface area contributed by atoms with Crippen molar-refractivity contribution in [1.29, 1.82) is 0 Å². The monoisotopic (exact) mass is 369 g/mol. The molecule has 2 aromatic carbocycles. The Morgan fingerprint density at radius 1 is 1.07 bits per heavy atom. The highest BCUT2D eigenvalue weighted by Gasteiger charge is 2.07. The summed E-state index contributed by atoms with van der Waals surface area (Å²) in [5.41, 5.74) is 1.50. The van der Waals surface area contributed by atoms with Crippen LogP contribution in [0.1, 0.15) is 26.3 Å². The zero-order valence-electron chi connectivity index (χ0n) is 16.3. The molecule has 0 fully saturated rings. The first-order valence-electron chi connectivity index (χ1n) is 9.05. The summed E-state index contributed by atoms with van der Waals surface area (Å²) in [6.07, 6.45) is 3.21. The second-order valence-electron chi connectivity index (χ2n) is 6.37. The Hall–Kier alpha value is -2.95. The average Bonchev–Trinajstić information content (AvgIpc) is 2.66. The molecule has 0 aliphatic heterocycles. The Bertz CT molecular complexity index is 784. The van der Waals surface area contributed by atoms with E-state index >= 15 is 0 Å². The molecular formula is C22H27NO4. The smallest absolute Gasteiger partial charge is 0.248 e. The summed E-state index contributed by atoms with van der Waals surface area (Å²) in [7, 11) is 1.60. The lowest BCUT2D eigenvalue weighted by atomic mass is 10.2. The van der Waals surface area contributed by atoms with Gasteiger partial charge in [0.2, 0.25) is 5.91 Å². The number of methoxy groups -OCH3 is 1. The molecule has 0 aliphatic carbocycles. The largest absolute Gasteiger partial charge is 0.493 e. The first-order chi connectivity index (χ1) is 13.0. The van der Waals surface area contributed by atoms with E-state index < -0.39 is 0 Å². The van der Waals surface area contributed by atoms with Crippen molar-refractivity contribution >= 4 is 17.7 Å². The first-order valence-corrected chi connectivity index (χ1v) is 9.05. The fraction of sp³-hybridized carbons (Fsp3) is 0.318. The lowest BCUT2D eigenvalue weighted by molar-refractivity contribution is -0.111. The molecule has 0 saturated carbocycles. The third-order valence-electron chi connectivity index (χ3n) is 3.63. The van der Waals surface area contributed by atoms with Gasteiger partial charge in [-0.05, 0) is 48.7 Å². The van der Waals surface area contributed by atoms with Gasteiger partial charge < -0.3 is 19.5 Å². The third-order valence-corrected chi connectivity index (χ3v) is 3.63. The van der Waals surface area contributed by atoms with Gasteiger partial charge >= 0.3 is 0 Å². The maximum Gasteiger partial charge on any atom is 0.248 e. The van der Waals surface area contributed by atoms with Crippen LogP contribution in [0.15, 0.2) is 48.5 Å². The number of ether oxygens (including phenoxy) is 3. The van der Waals surface area contributed by atoms with Crippen LogP contribution in [0.3, 0.4) is 0 Å². The maximum atomic E-state index is 12.3. The predicted octanol–water partition coefficient (Wildman–Crippen LogP) is 4.78. The maximum absolute atomic E-state index is 12.3. The van der Waals surface area contributed by atoms with Gasteiger partial charge in [0.1, 0.15) is 5.75 Å². The van der Waals surface area contributed by atoms with Gasteiger partial charge in [-0.3, -0.25) is 4.79 Å².